The molecule has 2 rings (SSSR count). The lowest BCUT2D eigenvalue weighted by Crippen LogP contribution is -2.09. The number of halogens is 1. The summed E-state index contributed by atoms with van der Waals surface area (Å²) in [5.74, 6) is 0.922. The van der Waals surface area contributed by atoms with Crippen LogP contribution in [-0.4, -0.2) is 21.6 Å². The molecule has 1 atom stereocenters. The van der Waals surface area contributed by atoms with E-state index in [1.807, 2.05) is 26.1 Å². The van der Waals surface area contributed by atoms with Crippen LogP contribution in [0.25, 0.3) is 0 Å². The van der Waals surface area contributed by atoms with Gasteiger partial charge in [0.15, 0.2) is 0 Å². The van der Waals surface area contributed by atoms with Gasteiger partial charge in [-0.15, -0.1) is 16.7 Å². The summed E-state index contributed by atoms with van der Waals surface area (Å²) in [5.41, 5.74) is 3.12. The largest absolute Gasteiger partial charge is 0.491 e. The van der Waals surface area contributed by atoms with Crippen molar-refractivity contribution in [3.8, 4) is 5.75 Å². The van der Waals surface area contributed by atoms with Crippen molar-refractivity contribution in [1.82, 2.24) is 15.0 Å². The molecule has 0 radical (unpaired) electrons. The normalized spacial score (nSPS) is 12.4. The monoisotopic (exact) mass is 279 g/mol. The minimum atomic E-state index is -0.117. The average Bonchev–Trinajstić information content (AvgIpc) is 2.82. The molecule has 0 saturated carbocycles. The molecular formula is C14H18ClN3O. The molecule has 19 heavy (non-hydrogen) atoms. The molecule has 0 N–H and O–H groups in total. The predicted molar refractivity (Wildman–Crippen MR) is 75.7 cm³/mol. The van der Waals surface area contributed by atoms with Gasteiger partial charge in [0.05, 0.1) is 18.1 Å². The Balaban J connectivity index is 1.90. The van der Waals surface area contributed by atoms with Crippen LogP contribution in [0.4, 0.5) is 0 Å². The van der Waals surface area contributed by atoms with Gasteiger partial charge in [-0.3, -0.25) is 0 Å². The van der Waals surface area contributed by atoms with Crippen LogP contribution in [0.2, 0.25) is 0 Å². The quantitative estimate of drug-likeness (QED) is 0.789. The van der Waals surface area contributed by atoms with Gasteiger partial charge in [0, 0.05) is 0 Å². The Labute approximate surface area is 118 Å². The third-order valence-corrected chi connectivity index (χ3v) is 3.11. The highest BCUT2D eigenvalue weighted by molar-refractivity contribution is 6.20. The van der Waals surface area contributed by atoms with E-state index in [1.54, 1.807) is 4.68 Å². The van der Waals surface area contributed by atoms with Crippen molar-refractivity contribution in [3.63, 3.8) is 0 Å². The van der Waals surface area contributed by atoms with E-state index < -0.39 is 0 Å². The SMILES string of the molecule is Cc1ccc(C)c(OCCn2cc(C(C)Cl)nn2)c1. The van der Waals surface area contributed by atoms with Crippen LogP contribution < -0.4 is 4.74 Å². The lowest BCUT2D eigenvalue weighted by Gasteiger charge is -2.09. The third-order valence-electron chi connectivity index (χ3n) is 2.89. The lowest BCUT2D eigenvalue weighted by atomic mass is 10.1. The molecule has 0 spiro atoms. The molecule has 1 aromatic heterocycles. The molecule has 5 heteroatoms. The summed E-state index contributed by atoms with van der Waals surface area (Å²) in [6.45, 7) is 7.19. The van der Waals surface area contributed by atoms with Crippen LogP contribution in [0.3, 0.4) is 0 Å². The maximum absolute atomic E-state index is 5.94. The summed E-state index contributed by atoms with van der Waals surface area (Å²) in [6.07, 6.45) is 1.85. The first-order chi connectivity index (χ1) is 9.06. The number of hydrogen-bond donors (Lipinski definition) is 0. The molecule has 1 unspecified atom stereocenters. The third kappa shape index (κ3) is 3.70. The van der Waals surface area contributed by atoms with E-state index in [1.165, 1.54) is 5.56 Å². The summed E-state index contributed by atoms with van der Waals surface area (Å²) in [7, 11) is 0. The summed E-state index contributed by atoms with van der Waals surface area (Å²) in [4.78, 5) is 0. The van der Waals surface area contributed by atoms with E-state index in [4.69, 9.17) is 16.3 Å². The second-order valence-electron chi connectivity index (χ2n) is 4.64. The standard InChI is InChI=1S/C14H18ClN3O/c1-10-4-5-11(2)14(8-10)19-7-6-18-9-13(12(3)15)16-17-18/h4-5,8-9,12H,6-7H2,1-3H3. The molecule has 4 nitrogen and oxygen atoms in total. The number of hydrogen-bond acceptors (Lipinski definition) is 3. The Kier molecular flexibility index (Phi) is 4.43. The molecule has 0 aliphatic heterocycles. The Hall–Kier alpha value is -1.55. The van der Waals surface area contributed by atoms with Crippen molar-refractivity contribution in [2.75, 3.05) is 6.61 Å². The minimum absolute atomic E-state index is 0.117. The van der Waals surface area contributed by atoms with Gasteiger partial charge in [-0.25, -0.2) is 4.68 Å². The van der Waals surface area contributed by atoms with Crippen LogP contribution in [0.5, 0.6) is 5.75 Å². The first-order valence-electron chi connectivity index (χ1n) is 6.30. The van der Waals surface area contributed by atoms with E-state index in [0.717, 1.165) is 17.0 Å². The zero-order valence-electron chi connectivity index (χ0n) is 11.4. The van der Waals surface area contributed by atoms with E-state index >= 15 is 0 Å². The molecule has 1 aromatic carbocycles. The molecule has 0 fully saturated rings. The number of aryl methyl sites for hydroxylation is 2. The first-order valence-corrected chi connectivity index (χ1v) is 6.74. The highest BCUT2D eigenvalue weighted by atomic mass is 35.5. The fourth-order valence-corrected chi connectivity index (χ4v) is 1.82. The lowest BCUT2D eigenvalue weighted by molar-refractivity contribution is 0.288. The van der Waals surface area contributed by atoms with E-state index in [-0.39, 0.29) is 5.38 Å². The van der Waals surface area contributed by atoms with Gasteiger partial charge in [-0.2, -0.15) is 0 Å². The Morgan fingerprint density at radius 3 is 2.84 bits per heavy atom. The van der Waals surface area contributed by atoms with E-state index in [9.17, 15) is 0 Å². The number of nitrogens with zero attached hydrogens (tertiary/aromatic N) is 3. The Morgan fingerprint density at radius 1 is 1.37 bits per heavy atom. The van der Waals surface area contributed by atoms with Crippen molar-refractivity contribution in [2.24, 2.45) is 0 Å². The van der Waals surface area contributed by atoms with Gasteiger partial charge in [-0.05, 0) is 38.0 Å². The number of benzene rings is 1. The van der Waals surface area contributed by atoms with Crippen LogP contribution >= 0.6 is 11.6 Å². The van der Waals surface area contributed by atoms with Crippen LogP contribution in [0.1, 0.15) is 29.1 Å². The second kappa shape index (κ2) is 6.06. The number of rotatable bonds is 5. The van der Waals surface area contributed by atoms with Crippen LogP contribution in [0.15, 0.2) is 24.4 Å². The van der Waals surface area contributed by atoms with Gasteiger partial charge in [0.2, 0.25) is 0 Å². The fraction of sp³-hybridized carbons (Fsp3) is 0.429. The highest BCUT2D eigenvalue weighted by Gasteiger charge is 2.06. The smallest absolute Gasteiger partial charge is 0.122 e. The minimum Gasteiger partial charge on any atom is -0.491 e. The predicted octanol–water partition coefficient (Wildman–Crippen LogP) is 3.27. The second-order valence-corrected chi connectivity index (χ2v) is 5.29. The highest BCUT2D eigenvalue weighted by Crippen LogP contribution is 2.19. The van der Waals surface area contributed by atoms with E-state index in [2.05, 4.69) is 29.4 Å². The molecule has 0 bridgehead atoms. The first kappa shape index (κ1) is 13.9. The van der Waals surface area contributed by atoms with Crippen molar-refractivity contribution in [1.29, 1.82) is 0 Å². The topological polar surface area (TPSA) is 39.9 Å². The van der Waals surface area contributed by atoms with Crippen molar-refractivity contribution >= 4 is 11.6 Å². The van der Waals surface area contributed by atoms with Crippen LogP contribution in [-0.2, 0) is 6.54 Å². The van der Waals surface area contributed by atoms with Gasteiger partial charge in [0.1, 0.15) is 18.1 Å². The van der Waals surface area contributed by atoms with E-state index in [0.29, 0.717) is 13.2 Å². The van der Waals surface area contributed by atoms with Gasteiger partial charge >= 0.3 is 0 Å². The van der Waals surface area contributed by atoms with Crippen molar-refractivity contribution in [2.45, 2.75) is 32.7 Å². The maximum Gasteiger partial charge on any atom is 0.122 e. The molecule has 0 saturated heterocycles. The Morgan fingerprint density at radius 2 is 2.16 bits per heavy atom. The molecule has 0 aliphatic rings. The maximum atomic E-state index is 5.94. The summed E-state index contributed by atoms with van der Waals surface area (Å²) >= 11 is 5.94. The number of aromatic nitrogens is 3. The number of alkyl halides is 1. The molecule has 2 aromatic rings. The summed E-state index contributed by atoms with van der Waals surface area (Å²) < 4.78 is 7.52. The van der Waals surface area contributed by atoms with Gasteiger partial charge in [0.25, 0.3) is 0 Å². The zero-order valence-corrected chi connectivity index (χ0v) is 12.2. The van der Waals surface area contributed by atoms with Crippen LogP contribution in [0, 0.1) is 13.8 Å². The molecule has 0 aliphatic carbocycles. The van der Waals surface area contributed by atoms with Crippen molar-refractivity contribution in [3.05, 3.63) is 41.2 Å². The summed E-state index contributed by atoms with van der Waals surface area (Å²) in [5, 5.41) is 7.89. The molecule has 0 amide bonds. The number of ether oxygens (including phenoxy) is 1. The molecule has 1 heterocycles. The molecular weight excluding hydrogens is 262 g/mol. The van der Waals surface area contributed by atoms with Gasteiger partial charge < -0.3 is 4.74 Å². The van der Waals surface area contributed by atoms with Crippen molar-refractivity contribution < 1.29 is 4.74 Å². The molecule has 102 valence electrons. The van der Waals surface area contributed by atoms with Gasteiger partial charge in [-0.1, -0.05) is 17.3 Å². The summed E-state index contributed by atoms with van der Waals surface area (Å²) in [6, 6.07) is 6.18. The Bertz CT molecular complexity index is 551. The average molecular weight is 280 g/mol. The zero-order chi connectivity index (χ0) is 13.8. The fourth-order valence-electron chi connectivity index (χ4n) is 1.72.